The van der Waals surface area contributed by atoms with E-state index in [4.69, 9.17) is 0 Å². The van der Waals surface area contributed by atoms with Crippen molar-refractivity contribution in [3.8, 4) is 0 Å². The molecule has 9 heteroatoms. The number of methoxy groups -OCH3 is 1. The van der Waals surface area contributed by atoms with Crippen molar-refractivity contribution in [1.29, 1.82) is 0 Å². The van der Waals surface area contributed by atoms with Crippen LogP contribution in [-0.4, -0.2) is 18.1 Å². The van der Waals surface area contributed by atoms with Crippen LogP contribution >= 0.6 is 22.6 Å². The van der Waals surface area contributed by atoms with Gasteiger partial charge in [0.05, 0.1) is 18.2 Å². The molecule has 1 aromatic rings. The SMILES string of the molecule is COC(=O)c1cc(C(F)(F)F)nc(I)c1C(F)F. The van der Waals surface area contributed by atoms with E-state index in [9.17, 15) is 26.7 Å². The Morgan fingerprint density at radius 1 is 1.44 bits per heavy atom. The molecule has 1 heterocycles. The van der Waals surface area contributed by atoms with Crippen molar-refractivity contribution in [1.82, 2.24) is 4.98 Å². The van der Waals surface area contributed by atoms with Gasteiger partial charge in [-0.2, -0.15) is 13.2 Å². The second-order valence-electron chi connectivity index (χ2n) is 3.05. The number of halogens is 6. The molecule has 18 heavy (non-hydrogen) atoms. The molecule has 0 N–H and O–H groups in total. The van der Waals surface area contributed by atoms with Crippen LogP contribution in [0.5, 0.6) is 0 Å². The molecule has 0 aliphatic carbocycles. The van der Waals surface area contributed by atoms with Crippen molar-refractivity contribution in [2.45, 2.75) is 12.6 Å². The number of carbonyl (C=O) groups excluding carboxylic acids is 1. The number of ether oxygens (including phenoxy) is 1. The average molecular weight is 381 g/mol. The minimum absolute atomic E-state index is 0.259. The number of rotatable bonds is 2. The molecule has 3 nitrogen and oxygen atoms in total. The molecule has 0 radical (unpaired) electrons. The molecule has 0 spiro atoms. The zero-order valence-electron chi connectivity index (χ0n) is 8.69. The van der Waals surface area contributed by atoms with Gasteiger partial charge in [0.1, 0.15) is 9.39 Å². The number of aromatic nitrogens is 1. The summed E-state index contributed by atoms with van der Waals surface area (Å²) < 4.78 is 66.3. The van der Waals surface area contributed by atoms with Gasteiger partial charge >= 0.3 is 12.1 Å². The number of pyridine rings is 1. The summed E-state index contributed by atoms with van der Waals surface area (Å²) in [5, 5.41) is 0. The Hall–Kier alpha value is -1.00. The van der Waals surface area contributed by atoms with Crippen LogP contribution in [0.2, 0.25) is 0 Å². The topological polar surface area (TPSA) is 39.2 Å². The largest absolute Gasteiger partial charge is 0.465 e. The molecule has 0 unspecified atom stereocenters. The zero-order valence-corrected chi connectivity index (χ0v) is 10.8. The molecule has 0 amide bonds. The van der Waals surface area contributed by atoms with Crippen LogP contribution < -0.4 is 0 Å². The first-order valence-electron chi connectivity index (χ1n) is 4.32. The predicted molar refractivity (Wildman–Crippen MR) is 58.3 cm³/mol. The maximum atomic E-state index is 12.7. The second kappa shape index (κ2) is 5.33. The van der Waals surface area contributed by atoms with Gasteiger partial charge in [-0.25, -0.2) is 18.6 Å². The number of hydrogen-bond acceptors (Lipinski definition) is 3. The summed E-state index contributed by atoms with van der Waals surface area (Å²) in [6.45, 7) is 0. The summed E-state index contributed by atoms with van der Waals surface area (Å²) in [6, 6.07) is 0.259. The third kappa shape index (κ3) is 3.06. The lowest BCUT2D eigenvalue weighted by Crippen LogP contribution is -2.16. The van der Waals surface area contributed by atoms with Gasteiger partial charge in [-0.15, -0.1) is 0 Å². The molecular formula is C9H5F5INO2. The lowest BCUT2D eigenvalue weighted by atomic mass is 10.1. The Kier molecular flexibility index (Phi) is 4.46. The molecule has 0 saturated heterocycles. The van der Waals surface area contributed by atoms with Crippen LogP contribution in [0.4, 0.5) is 22.0 Å². The minimum Gasteiger partial charge on any atom is -0.465 e. The van der Waals surface area contributed by atoms with Gasteiger partial charge < -0.3 is 4.74 Å². The van der Waals surface area contributed by atoms with Gasteiger partial charge in [0.25, 0.3) is 6.43 Å². The number of alkyl halides is 5. The fourth-order valence-electron chi connectivity index (χ4n) is 1.16. The van der Waals surface area contributed by atoms with Gasteiger partial charge in [0.2, 0.25) is 0 Å². The van der Waals surface area contributed by atoms with E-state index in [2.05, 4.69) is 9.72 Å². The fraction of sp³-hybridized carbons (Fsp3) is 0.333. The van der Waals surface area contributed by atoms with Crippen LogP contribution in [0.15, 0.2) is 6.07 Å². The maximum absolute atomic E-state index is 12.7. The molecule has 0 atom stereocenters. The number of carbonyl (C=O) groups is 1. The van der Waals surface area contributed by atoms with Crippen molar-refractivity contribution < 1.29 is 31.5 Å². The number of hydrogen-bond donors (Lipinski definition) is 0. The third-order valence-corrected chi connectivity index (χ3v) is 2.75. The van der Waals surface area contributed by atoms with E-state index in [1.165, 1.54) is 22.6 Å². The molecular weight excluding hydrogens is 376 g/mol. The predicted octanol–water partition coefficient (Wildman–Crippen LogP) is 3.43. The molecule has 0 bridgehead atoms. The quantitative estimate of drug-likeness (QED) is 0.341. The summed E-state index contributed by atoms with van der Waals surface area (Å²) >= 11 is 1.22. The van der Waals surface area contributed by atoms with Crippen molar-refractivity contribution in [3.63, 3.8) is 0 Å². The Bertz CT molecular complexity index is 475. The van der Waals surface area contributed by atoms with Crippen LogP contribution in [0.3, 0.4) is 0 Å². The molecule has 1 aromatic heterocycles. The second-order valence-corrected chi connectivity index (χ2v) is 4.07. The van der Waals surface area contributed by atoms with Crippen molar-refractivity contribution in [3.05, 3.63) is 26.6 Å². The third-order valence-electron chi connectivity index (χ3n) is 1.93. The van der Waals surface area contributed by atoms with E-state index in [0.29, 0.717) is 0 Å². The minimum atomic E-state index is -4.83. The molecule has 0 fully saturated rings. The standard InChI is InChI=1S/C9H5F5INO2/c1-18-8(17)3-2-4(9(12,13)14)16-7(15)5(3)6(10)11/h2,6H,1H3. The van der Waals surface area contributed by atoms with E-state index in [-0.39, 0.29) is 6.07 Å². The van der Waals surface area contributed by atoms with E-state index in [1.54, 1.807) is 0 Å². The molecule has 1 rings (SSSR count). The van der Waals surface area contributed by atoms with E-state index in [0.717, 1.165) is 7.11 Å². The number of esters is 1. The number of nitrogens with zero attached hydrogens (tertiary/aromatic N) is 1. The van der Waals surface area contributed by atoms with Crippen molar-refractivity contribution in [2.24, 2.45) is 0 Å². The molecule has 0 aromatic carbocycles. The van der Waals surface area contributed by atoms with E-state index in [1.807, 2.05) is 0 Å². The molecule has 100 valence electrons. The highest BCUT2D eigenvalue weighted by molar-refractivity contribution is 14.1. The van der Waals surface area contributed by atoms with Gasteiger partial charge in [0, 0.05) is 0 Å². The Morgan fingerprint density at radius 2 is 2.00 bits per heavy atom. The monoisotopic (exact) mass is 381 g/mol. The van der Waals surface area contributed by atoms with Crippen LogP contribution in [0.25, 0.3) is 0 Å². The molecule has 0 aliphatic heterocycles. The summed E-state index contributed by atoms with van der Waals surface area (Å²) in [5.74, 6) is -1.27. The Balaban J connectivity index is 3.52. The maximum Gasteiger partial charge on any atom is 0.433 e. The normalized spacial score (nSPS) is 11.8. The molecule has 0 saturated carbocycles. The van der Waals surface area contributed by atoms with Crippen LogP contribution in [0, 0.1) is 3.70 Å². The highest BCUT2D eigenvalue weighted by Gasteiger charge is 2.36. The highest BCUT2D eigenvalue weighted by Crippen LogP contribution is 2.34. The zero-order chi connectivity index (χ0) is 14.1. The Morgan fingerprint density at radius 3 is 2.39 bits per heavy atom. The van der Waals surface area contributed by atoms with Crippen LogP contribution in [-0.2, 0) is 10.9 Å². The smallest absolute Gasteiger partial charge is 0.433 e. The molecule has 0 aliphatic rings. The van der Waals surface area contributed by atoms with Crippen molar-refractivity contribution in [2.75, 3.05) is 7.11 Å². The summed E-state index contributed by atoms with van der Waals surface area (Å²) in [6.07, 6.45) is -7.95. The summed E-state index contributed by atoms with van der Waals surface area (Å²) in [4.78, 5) is 14.2. The average Bonchev–Trinajstić information content (AvgIpc) is 2.25. The lowest BCUT2D eigenvalue weighted by Gasteiger charge is -2.12. The highest BCUT2D eigenvalue weighted by atomic mass is 127. The van der Waals surface area contributed by atoms with Crippen molar-refractivity contribution >= 4 is 28.6 Å². The first-order chi connectivity index (χ1) is 8.18. The first-order valence-corrected chi connectivity index (χ1v) is 5.40. The first kappa shape index (κ1) is 15.1. The van der Waals surface area contributed by atoms with Crippen LogP contribution in [0.1, 0.15) is 28.0 Å². The van der Waals surface area contributed by atoms with Gasteiger partial charge in [-0.05, 0) is 28.7 Å². The van der Waals surface area contributed by atoms with Gasteiger partial charge in [-0.3, -0.25) is 0 Å². The summed E-state index contributed by atoms with van der Waals surface area (Å²) in [5.41, 5.74) is -3.12. The Labute approximate surface area is 111 Å². The van der Waals surface area contributed by atoms with Gasteiger partial charge in [-0.1, -0.05) is 0 Å². The van der Waals surface area contributed by atoms with Gasteiger partial charge in [0.15, 0.2) is 0 Å². The lowest BCUT2D eigenvalue weighted by molar-refractivity contribution is -0.141. The fourth-order valence-corrected chi connectivity index (χ4v) is 1.94. The van der Waals surface area contributed by atoms with E-state index >= 15 is 0 Å². The van der Waals surface area contributed by atoms with E-state index < -0.39 is 39.1 Å². The summed E-state index contributed by atoms with van der Waals surface area (Å²) in [7, 11) is 0.887.